The second kappa shape index (κ2) is 7.02. The van der Waals surface area contributed by atoms with Gasteiger partial charge < -0.3 is 14.8 Å². The van der Waals surface area contributed by atoms with Crippen LogP contribution in [-0.4, -0.2) is 24.2 Å². The van der Waals surface area contributed by atoms with Crippen molar-refractivity contribution in [2.45, 2.75) is 13.0 Å². The zero-order chi connectivity index (χ0) is 17.1. The highest BCUT2D eigenvalue weighted by molar-refractivity contribution is 5.47. The fourth-order valence-corrected chi connectivity index (χ4v) is 3.18. The fourth-order valence-electron chi connectivity index (χ4n) is 3.18. The molecule has 1 fully saturated rings. The summed E-state index contributed by atoms with van der Waals surface area (Å²) in [6, 6.07) is 8.10. The first kappa shape index (κ1) is 16.5. The minimum atomic E-state index is -0.809. The Morgan fingerprint density at radius 2 is 2.12 bits per heavy atom. The van der Waals surface area contributed by atoms with Gasteiger partial charge in [0.25, 0.3) is 0 Å². The van der Waals surface area contributed by atoms with Crippen LogP contribution in [0.2, 0.25) is 0 Å². The van der Waals surface area contributed by atoms with Crippen LogP contribution in [0, 0.1) is 28.9 Å². The maximum absolute atomic E-state index is 13.3. The molecule has 126 valence electrons. The second-order valence-corrected chi connectivity index (χ2v) is 6.29. The van der Waals surface area contributed by atoms with Gasteiger partial charge in [-0.15, -0.1) is 0 Å². The molecule has 0 radical (unpaired) electrons. The monoisotopic (exact) mass is 330 g/mol. The Bertz CT molecular complexity index is 763. The van der Waals surface area contributed by atoms with Crippen LogP contribution in [0.25, 0.3) is 0 Å². The summed E-state index contributed by atoms with van der Waals surface area (Å²) in [5.74, 6) is -1.14. The molecule has 24 heavy (non-hydrogen) atoms. The van der Waals surface area contributed by atoms with Gasteiger partial charge in [-0.05, 0) is 36.1 Å². The number of nitrogens with zero attached hydrogens (tertiary/aromatic N) is 3. The van der Waals surface area contributed by atoms with Crippen molar-refractivity contribution in [3.63, 3.8) is 0 Å². The van der Waals surface area contributed by atoms with Gasteiger partial charge in [0.05, 0.1) is 0 Å². The summed E-state index contributed by atoms with van der Waals surface area (Å²) in [4.78, 5) is 2.09. The van der Waals surface area contributed by atoms with E-state index in [-0.39, 0.29) is 0 Å². The lowest BCUT2D eigenvalue weighted by Crippen LogP contribution is -2.26. The van der Waals surface area contributed by atoms with Gasteiger partial charge in [0.15, 0.2) is 11.6 Å². The Morgan fingerprint density at radius 3 is 2.83 bits per heavy atom. The molecule has 6 heteroatoms. The van der Waals surface area contributed by atoms with E-state index in [2.05, 4.69) is 16.3 Å². The Labute approximate surface area is 140 Å². The van der Waals surface area contributed by atoms with E-state index < -0.39 is 11.6 Å². The molecule has 3 rings (SSSR count). The lowest BCUT2D eigenvalue weighted by molar-refractivity contribution is 0.507. The Balaban J connectivity index is 1.49. The highest BCUT2D eigenvalue weighted by Crippen LogP contribution is 2.25. The summed E-state index contributed by atoms with van der Waals surface area (Å²) in [5, 5.41) is 12.4. The molecule has 1 aliphatic heterocycles. The number of nitrogens with one attached hydrogen (secondary N) is 1. The third-order valence-corrected chi connectivity index (χ3v) is 4.49. The lowest BCUT2D eigenvalue weighted by Gasteiger charge is -2.19. The normalized spacial score (nSPS) is 17.2. The molecular weight excluding hydrogens is 310 g/mol. The molecule has 1 aromatic carbocycles. The van der Waals surface area contributed by atoms with Crippen LogP contribution in [0.4, 0.5) is 14.5 Å². The summed E-state index contributed by atoms with van der Waals surface area (Å²) in [6.07, 6.45) is 2.97. The number of benzene rings is 1. The largest absolute Gasteiger partial charge is 0.371 e. The first-order valence-corrected chi connectivity index (χ1v) is 8.03. The van der Waals surface area contributed by atoms with Crippen molar-refractivity contribution in [1.82, 2.24) is 9.88 Å². The number of halogens is 2. The van der Waals surface area contributed by atoms with E-state index >= 15 is 0 Å². The van der Waals surface area contributed by atoms with Gasteiger partial charge in [0, 0.05) is 51.2 Å². The molecular formula is C18H20F2N4. The number of hydrogen-bond acceptors (Lipinski definition) is 3. The Morgan fingerprint density at radius 1 is 1.29 bits per heavy atom. The van der Waals surface area contributed by atoms with E-state index in [1.165, 1.54) is 12.1 Å². The molecule has 1 saturated heterocycles. The van der Waals surface area contributed by atoms with Gasteiger partial charge in [0.1, 0.15) is 11.8 Å². The van der Waals surface area contributed by atoms with Crippen molar-refractivity contribution >= 4 is 5.69 Å². The van der Waals surface area contributed by atoms with Crippen molar-refractivity contribution in [1.29, 1.82) is 5.26 Å². The van der Waals surface area contributed by atoms with Gasteiger partial charge in [0.2, 0.25) is 0 Å². The molecule has 0 saturated carbocycles. The molecule has 2 aromatic rings. The van der Waals surface area contributed by atoms with E-state index in [4.69, 9.17) is 5.26 Å². The Kier molecular flexibility index (Phi) is 4.81. The molecule has 1 aliphatic rings. The van der Waals surface area contributed by atoms with Crippen molar-refractivity contribution in [3.8, 4) is 6.07 Å². The third kappa shape index (κ3) is 3.57. The maximum atomic E-state index is 13.3. The van der Waals surface area contributed by atoms with E-state index in [0.717, 1.165) is 43.9 Å². The molecule has 1 unspecified atom stereocenters. The molecule has 0 bridgehead atoms. The van der Waals surface area contributed by atoms with E-state index in [9.17, 15) is 8.78 Å². The number of hydrogen-bond donors (Lipinski definition) is 1. The van der Waals surface area contributed by atoms with E-state index in [1.54, 1.807) is 6.07 Å². The molecule has 0 amide bonds. The number of nitriles is 1. The smallest absolute Gasteiger partial charge is 0.160 e. The van der Waals surface area contributed by atoms with Gasteiger partial charge in [-0.1, -0.05) is 0 Å². The topological polar surface area (TPSA) is 44.0 Å². The van der Waals surface area contributed by atoms with Crippen LogP contribution in [0.1, 0.15) is 17.7 Å². The number of anilines is 1. The zero-order valence-electron chi connectivity index (χ0n) is 13.6. The first-order chi connectivity index (χ1) is 11.6. The molecule has 1 N–H and O–H groups in total. The minimum absolute atomic E-state index is 0.470. The standard InChI is InChI=1S/C18H20F2N4/c1-23-11-14(6-16(23)8-21)10-22-9-13-4-5-24(12-13)15-2-3-17(19)18(20)7-15/h2-3,6-7,11,13,22H,4-5,9-10,12H2,1H3. The quantitative estimate of drug-likeness (QED) is 0.917. The average molecular weight is 330 g/mol. The molecule has 0 aliphatic carbocycles. The first-order valence-electron chi connectivity index (χ1n) is 8.03. The van der Waals surface area contributed by atoms with Crippen LogP contribution in [-0.2, 0) is 13.6 Å². The van der Waals surface area contributed by atoms with Crippen LogP contribution < -0.4 is 10.2 Å². The van der Waals surface area contributed by atoms with Crippen molar-refractivity contribution < 1.29 is 8.78 Å². The highest BCUT2D eigenvalue weighted by Gasteiger charge is 2.23. The molecule has 2 heterocycles. The fraction of sp³-hybridized carbons (Fsp3) is 0.389. The lowest BCUT2D eigenvalue weighted by atomic mass is 10.1. The van der Waals surface area contributed by atoms with Gasteiger partial charge >= 0.3 is 0 Å². The summed E-state index contributed by atoms with van der Waals surface area (Å²) in [5.41, 5.74) is 2.47. The molecule has 0 spiro atoms. The van der Waals surface area contributed by atoms with Gasteiger partial charge in [-0.2, -0.15) is 5.26 Å². The molecule has 1 aromatic heterocycles. The van der Waals surface area contributed by atoms with Crippen LogP contribution in [0.5, 0.6) is 0 Å². The van der Waals surface area contributed by atoms with Crippen LogP contribution in [0.3, 0.4) is 0 Å². The highest BCUT2D eigenvalue weighted by atomic mass is 19.2. The SMILES string of the molecule is Cn1cc(CNCC2CCN(c3ccc(F)c(F)c3)C2)cc1C#N. The van der Waals surface area contributed by atoms with Crippen molar-refractivity contribution in [2.75, 3.05) is 24.5 Å². The number of rotatable bonds is 5. The van der Waals surface area contributed by atoms with Crippen molar-refractivity contribution in [2.24, 2.45) is 13.0 Å². The summed E-state index contributed by atoms with van der Waals surface area (Å²) < 4.78 is 28.2. The maximum Gasteiger partial charge on any atom is 0.160 e. The predicted octanol–water partition coefficient (Wildman–Crippen LogP) is 2.79. The van der Waals surface area contributed by atoms with E-state index in [0.29, 0.717) is 11.6 Å². The van der Waals surface area contributed by atoms with E-state index in [1.807, 2.05) is 23.9 Å². The minimum Gasteiger partial charge on any atom is -0.371 e. The predicted molar refractivity (Wildman–Crippen MR) is 88.5 cm³/mol. The Hall–Kier alpha value is -2.39. The third-order valence-electron chi connectivity index (χ3n) is 4.49. The molecule has 4 nitrogen and oxygen atoms in total. The zero-order valence-corrected chi connectivity index (χ0v) is 13.6. The van der Waals surface area contributed by atoms with Crippen molar-refractivity contribution in [3.05, 3.63) is 53.4 Å². The summed E-state index contributed by atoms with van der Waals surface area (Å²) in [6.45, 7) is 3.26. The number of aryl methyl sites for hydroxylation is 1. The number of aromatic nitrogens is 1. The van der Waals surface area contributed by atoms with Gasteiger partial charge in [-0.3, -0.25) is 0 Å². The summed E-state index contributed by atoms with van der Waals surface area (Å²) in [7, 11) is 1.86. The summed E-state index contributed by atoms with van der Waals surface area (Å²) >= 11 is 0. The molecule has 1 atom stereocenters. The van der Waals surface area contributed by atoms with Crippen LogP contribution >= 0.6 is 0 Å². The van der Waals surface area contributed by atoms with Crippen LogP contribution in [0.15, 0.2) is 30.5 Å². The average Bonchev–Trinajstić information content (AvgIpc) is 3.17. The van der Waals surface area contributed by atoms with Gasteiger partial charge in [-0.25, -0.2) is 8.78 Å². The second-order valence-electron chi connectivity index (χ2n) is 6.29.